The second-order valence-corrected chi connectivity index (χ2v) is 13.2. The molecule has 0 N–H and O–H groups in total. The van der Waals surface area contributed by atoms with E-state index in [1.54, 1.807) is 0 Å². The molecule has 3 aromatic heterocycles. The molecule has 10 rings (SSSR count). The molecule has 0 atom stereocenters. The van der Waals surface area contributed by atoms with Gasteiger partial charge >= 0.3 is 0 Å². The van der Waals surface area contributed by atoms with Gasteiger partial charge in [0.25, 0.3) is 0 Å². The first-order valence-corrected chi connectivity index (χ1v) is 16.7. The van der Waals surface area contributed by atoms with Gasteiger partial charge in [-0.2, -0.15) is 0 Å². The van der Waals surface area contributed by atoms with Crippen molar-refractivity contribution in [3.8, 4) is 27.9 Å². The molecule has 7 aromatic carbocycles. The van der Waals surface area contributed by atoms with E-state index in [0.29, 0.717) is 44.0 Å². The van der Waals surface area contributed by atoms with Crippen LogP contribution in [0.3, 0.4) is 0 Å². The standard InChI is InChI=1S/C42H18B7NO2/c43-33-30(31-23-7-2-4-11-29(23)51-41(31)38(48)36(33)46)20-14-12-19(13-15-20)21-16-17-27-25(18-21)22-6-1-3-9-26(22)50(27)28-10-5-8-24-32-34(44)35(45)37(47)39(49)42(32)52-40(24)28/h1-18H. The summed E-state index contributed by atoms with van der Waals surface area (Å²) in [7, 11) is 44.8. The molecule has 0 saturated heterocycles. The van der Waals surface area contributed by atoms with Crippen LogP contribution in [0.25, 0.3) is 93.6 Å². The Balaban J connectivity index is 1.14. The lowest BCUT2D eigenvalue weighted by Crippen LogP contribution is -2.47. The third kappa shape index (κ3) is 4.18. The Hall–Kier alpha value is -5.61. The van der Waals surface area contributed by atoms with Gasteiger partial charge in [-0.3, -0.25) is 0 Å². The van der Waals surface area contributed by atoms with Crippen molar-refractivity contribution in [2.45, 2.75) is 0 Å². The Morgan fingerprint density at radius 1 is 0.385 bits per heavy atom. The van der Waals surface area contributed by atoms with Crippen LogP contribution in [0.1, 0.15) is 0 Å². The molecule has 0 bridgehead atoms. The number of benzene rings is 7. The average Bonchev–Trinajstić information content (AvgIpc) is 3.86. The number of rotatable bonds is 3. The van der Waals surface area contributed by atoms with E-state index in [1.165, 1.54) is 0 Å². The molecule has 0 unspecified atom stereocenters. The topological polar surface area (TPSA) is 31.2 Å². The van der Waals surface area contributed by atoms with Crippen LogP contribution in [-0.2, 0) is 0 Å². The zero-order valence-corrected chi connectivity index (χ0v) is 27.7. The van der Waals surface area contributed by atoms with Gasteiger partial charge in [0.1, 0.15) is 71.7 Å². The van der Waals surface area contributed by atoms with Crippen molar-refractivity contribution in [2.75, 3.05) is 0 Å². The van der Waals surface area contributed by atoms with Gasteiger partial charge in [0.05, 0.1) is 16.7 Å². The smallest absolute Gasteiger partial charge is 0.159 e. The van der Waals surface area contributed by atoms with E-state index in [9.17, 15) is 0 Å². The summed E-state index contributed by atoms with van der Waals surface area (Å²) in [5.41, 5.74) is 11.1. The van der Waals surface area contributed by atoms with Gasteiger partial charge in [0.2, 0.25) is 0 Å². The molecule has 0 amide bonds. The zero-order chi connectivity index (χ0) is 35.6. The lowest BCUT2D eigenvalue weighted by molar-refractivity contribution is 0.669. The molecule has 3 nitrogen and oxygen atoms in total. The highest BCUT2D eigenvalue weighted by Crippen LogP contribution is 2.39. The number of aromatic nitrogens is 1. The summed E-state index contributed by atoms with van der Waals surface area (Å²) in [6.07, 6.45) is 0. The number of nitrogens with zero attached hydrogens (tertiary/aromatic N) is 1. The molecule has 3 heterocycles. The van der Waals surface area contributed by atoms with Gasteiger partial charge in [-0.1, -0.05) is 101 Å². The van der Waals surface area contributed by atoms with E-state index < -0.39 is 0 Å². The number of hydrogen-bond acceptors (Lipinski definition) is 2. The summed E-state index contributed by atoms with van der Waals surface area (Å²) in [5, 5.41) is 5.40. The van der Waals surface area contributed by atoms with Gasteiger partial charge in [-0.15, -0.1) is 16.4 Å². The van der Waals surface area contributed by atoms with Gasteiger partial charge in [-0.05, 0) is 52.6 Å². The number of para-hydroxylation sites is 3. The van der Waals surface area contributed by atoms with Crippen molar-refractivity contribution >= 4 is 159 Å². The number of furan rings is 2. The molecular weight excluding hydrogens is 626 g/mol. The molecule has 52 heavy (non-hydrogen) atoms. The second kappa shape index (κ2) is 11.2. The summed E-state index contributed by atoms with van der Waals surface area (Å²) in [6.45, 7) is 0. The van der Waals surface area contributed by atoms with Gasteiger partial charge in [0, 0.05) is 32.3 Å². The second-order valence-electron chi connectivity index (χ2n) is 13.2. The molecule has 10 aromatic rings. The molecule has 0 fully saturated rings. The van der Waals surface area contributed by atoms with Crippen LogP contribution in [-0.4, -0.2) is 59.5 Å². The predicted molar refractivity (Wildman–Crippen MR) is 224 cm³/mol. The van der Waals surface area contributed by atoms with Gasteiger partial charge < -0.3 is 13.4 Å². The average molecular weight is 644 g/mol. The van der Waals surface area contributed by atoms with E-state index in [4.69, 9.17) is 63.8 Å². The predicted octanol–water partition coefficient (Wildman–Crippen LogP) is 3.47. The maximum absolute atomic E-state index is 6.65. The van der Waals surface area contributed by atoms with Gasteiger partial charge in [-0.25, -0.2) is 0 Å². The first-order valence-electron chi connectivity index (χ1n) is 16.7. The Morgan fingerprint density at radius 3 is 1.77 bits per heavy atom. The maximum atomic E-state index is 6.65. The Morgan fingerprint density at radius 2 is 0.981 bits per heavy atom. The largest absolute Gasteiger partial charge is 0.457 e. The van der Waals surface area contributed by atoms with Crippen LogP contribution in [0.2, 0.25) is 0 Å². The minimum atomic E-state index is 0.215. The van der Waals surface area contributed by atoms with E-state index in [2.05, 4.69) is 59.2 Å². The fraction of sp³-hybridized carbons (Fsp3) is 0. The van der Waals surface area contributed by atoms with Crippen molar-refractivity contribution in [1.82, 2.24) is 4.57 Å². The summed E-state index contributed by atoms with van der Waals surface area (Å²) in [4.78, 5) is 0. The molecule has 0 aliphatic heterocycles. The Labute approximate surface area is 308 Å². The minimum Gasteiger partial charge on any atom is -0.457 e. The third-order valence-electron chi connectivity index (χ3n) is 10.4. The Kier molecular flexibility index (Phi) is 6.71. The summed E-state index contributed by atoms with van der Waals surface area (Å²) < 4.78 is 14.8. The molecule has 14 radical (unpaired) electrons. The monoisotopic (exact) mass is 645 g/mol. The summed E-state index contributed by atoms with van der Waals surface area (Å²) in [5.74, 6) is 0. The van der Waals surface area contributed by atoms with Crippen LogP contribution >= 0.6 is 0 Å². The highest BCUT2D eigenvalue weighted by atomic mass is 16.3. The van der Waals surface area contributed by atoms with E-state index in [-0.39, 0.29) is 16.4 Å². The Bertz CT molecular complexity index is 3160. The van der Waals surface area contributed by atoms with Gasteiger partial charge in [0.15, 0.2) is 5.58 Å². The van der Waals surface area contributed by atoms with E-state index in [0.717, 1.165) is 71.5 Å². The van der Waals surface area contributed by atoms with Crippen LogP contribution in [0.4, 0.5) is 0 Å². The highest BCUT2D eigenvalue weighted by molar-refractivity contribution is 6.67. The zero-order valence-electron chi connectivity index (χ0n) is 27.7. The van der Waals surface area contributed by atoms with Crippen molar-refractivity contribution in [3.05, 3.63) is 109 Å². The fourth-order valence-corrected chi connectivity index (χ4v) is 7.85. The van der Waals surface area contributed by atoms with Crippen molar-refractivity contribution in [2.24, 2.45) is 0 Å². The molecular formula is C42H18B7NO2. The summed E-state index contributed by atoms with van der Waals surface area (Å²) in [6, 6.07) is 36.9. The van der Waals surface area contributed by atoms with Crippen LogP contribution in [0.5, 0.6) is 0 Å². The number of fused-ring (bicyclic) bond motifs is 9. The van der Waals surface area contributed by atoms with Crippen molar-refractivity contribution in [1.29, 1.82) is 0 Å². The normalized spacial score (nSPS) is 12.0. The first-order chi connectivity index (χ1) is 25.2. The summed E-state index contributed by atoms with van der Waals surface area (Å²) >= 11 is 0. The lowest BCUT2D eigenvalue weighted by atomic mass is 9.65. The molecule has 0 aliphatic rings. The first kappa shape index (κ1) is 31.2. The van der Waals surface area contributed by atoms with Crippen molar-refractivity contribution < 1.29 is 8.83 Å². The molecule has 10 heteroatoms. The van der Waals surface area contributed by atoms with E-state index >= 15 is 0 Å². The van der Waals surface area contributed by atoms with Crippen molar-refractivity contribution in [3.63, 3.8) is 0 Å². The number of hydrogen-bond donors (Lipinski definition) is 0. The maximum Gasteiger partial charge on any atom is 0.159 e. The molecule has 0 aliphatic carbocycles. The van der Waals surface area contributed by atoms with Crippen LogP contribution in [0.15, 0.2) is 118 Å². The molecule has 0 spiro atoms. The quantitative estimate of drug-likeness (QED) is 0.276. The van der Waals surface area contributed by atoms with Crippen LogP contribution < -0.4 is 38.2 Å². The SMILES string of the molecule is [B]c1c([B])c(-c2ccc(-c3ccc4c(c3)c3ccccc3n4-c3cccc4c3oc3c([B])c([B])c([B])c([B])c34)cc2)c2c(oc3ccccc32)c1[B]. The molecule has 224 valence electrons. The lowest BCUT2D eigenvalue weighted by Gasteiger charge is -2.16. The highest BCUT2D eigenvalue weighted by Gasteiger charge is 2.22. The minimum absolute atomic E-state index is 0.215. The van der Waals surface area contributed by atoms with E-state index in [1.807, 2.05) is 54.6 Å². The van der Waals surface area contributed by atoms with Crippen LogP contribution in [0, 0.1) is 0 Å². The molecule has 0 saturated carbocycles. The fourth-order valence-electron chi connectivity index (χ4n) is 7.85. The third-order valence-corrected chi connectivity index (χ3v) is 10.4.